The standard InChI is InChI=1S/C29H33N5O4/c1-29(16-20(26(35)27(29)36)23-8-9-24-21(30)12-14-31-34(23)24)13-11-17-5-6-18-7-10-25(32-22(18)15-17)33-28(37)38-19-3-2-4-19/h5-10,12,14-15,19-20,26-27,35-36H,2-4,11,13,16,30H2,1H3,(H,32,33,37)/t20-,26-,27-,29-/m0/s1. The highest BCUT2D eigenvalue weighted by atomic mass is 16.6. The number of nitrogens with two attached hydrogens (primary N) is 1. The molecule has 4 aromatic rings. The van der Waals surface area contributed by atoms with E-state index in [2.05, 4.69) is 21.5 Å². The summed E-state index contributed by atoms with van der Waals surface area (Å²) in [4.78, 5) is 16.7. The number of benzene rings is 1. The summed E-state index contributed by atoms with van der Waals surface area (Å²) in [5.74, 6) is 0.204. The van der Waals surface area contributed by atoms with Gasteiger partial charge >= 0.3 is 6.09 Å². The summed E-state index contributed by atoms with van der Waals surface area (Å²) in [5.41, 5.74) is 9.75. The van der Waals surface area contributed by atoms with Crippen LogP contribution in [0.1, 0.15) is 56.2 Å². The van der Waals surface area contributed by atoms with Crippen LogP contribution >= 0.6 is 0 Å². The predicted octanol–water partition coefficient (Wildman–Crippen LogP) is 4.41. The molecule has 9 nitrogen and oxygen atoms in total. The maximum Gasteiger partial charge on any atom is 0.413 e. The first-order chi connectivity index (χ1) is 18.3. The van der Waals surface area contributed by atoms with E-state index in [1.54, 1.807) is 22.8 Å². The topological polar surface area (TPSA) is 135 Å². The molecule has 4 atom stereocenters. The van der Waals surface area contributed by atoms with Crippen LogP contribution in [-0.4, -0.2) is 49.2 Å². The second-order valence-corrected chi connectivity index (χ2v) is 11.0. The van der Waals surface area contributed by atoms with Crippen LogP contribution in [0.2, 0.25) is 0 Å². The van der Waals surface area contributed by atoms with Crippen molar-refractivity contribution in [1.82, 2.24) is 14.6 Å². The predicted molar refractivity (Wildman–Crippen MR) is 145 cm³/mol. The lowest BCUT2D eigenvalue weighted by molar-refractivity contribution is -0.0204. The minimum absolute atomic E-state index is 0.0123. The van der Waals surface area contributed by atoms with E-state index in [1.165, 1.54) is 0 Å². The molecule has 0 aliphatic heterocycles. The minimum Gasteiger partial charge on any atom is -0.446 e. The van der Waals surface area contributed by atoms with Crippen LogP contribution in [-0.2, 0) is 11.2 Å². The molecule has 0 bridgehead atoms. The van der Waals surface area contributed by atoms with E-state index in [0.717, 1.165) is 46.9 Å². The first-order valence-corrected chi connectivity index (χ1v) is 13.3. The molecule has 3 aromatic heterocycles. The van der Waals surface area contributed by atoms with Crippen LogP contribution in [0, 0.1) is 5.41 Å². The second kappa shape index (κ2) is 9.56. The van der Waals surface area contributed by atoms with Gasteiger partial charge in [0.2, 0.25) is 0 Å². The maximum absolute atomic E-state index is 12.1. The monoisotopic (exact) mass is 515 g/mol. The van der Waals surface area contributed by atoms with Crippen molar-refractivity contribution in [3.8, 4) is 0 Å². The molecule has 1 amide bonds. The third-order valence-corrected chi connectivity index (χ3v) is 8.43. The number of aliphatic hydroxyl groups excluding tert-OH is 2. The number of hydrogen-bond acceptors (Lipinski definition) is 7. The van der Waals surface area contributed by atoms with Gasteiger partial charge in [-0.1, -0.05) is 19.1 Å². The molecule has 9 heteroatoms. The number of nitrogen functional groups attached to an aromatic ring is 1. The van der Waals surface area contributed by atoms with Crippen LogP contribution < -0.4 is 11.1 Å². The van der Waals surface area contributed by atoms with E-state index < -0.39 is 23.7 Å². The Kier molecular flexibility index (Phi) is 6.20. The smallest absolute Gasteiger partial charge is 0.413 e. The number of pyridine rings is 1. The number of aliphatic hydroxyl groups is 2. The third kappa shape index (κ3) is 4.46. The number of amides is 1. The SMILES string of the molecule is C[C@]1(CCc2ccc3ccc(NC(=O)OC4CCC4)nc3c2)C[C@@H](c2ccc3c(N)ccnn23)[C@H](O)[C@@H]1O. The summed E-state index contributed by atoms with van der Waals surface area (Å²) in [7, 11) is 0. The largest absolute Gasteiger partial charge is 0.446 e. The number of aryl methyl sites for hydroxylation is 1. The highest BCUT2D eigenvalue weighted by molar-refractivity contribution is 5.87. The molecule has 1 aromatic carbocycles. The summed E-state index contributed by atoms with van der Waals surface area (Å²) in [6, 6.07) is 15.4. The summed E-state index contributed by atoms with van der Waals surface area (Å²) >= 11 is 0. The van der Waals surface area contributed by atoms with Crippen molar-refractivity contribution >= 4 is 34.0 Å². The average molecular weight is 516 g/mol. The van der Waals surface area contributed by atoms with Gasteiger partial charge in [0.05, 0.1) is 28.9 Å². The molecule has 2 saturated carbocycles. The number of rotatable bonds is 6. The number of carbonyl (C=O) groups is 1. The Labute approximate surface area is 220 Å². The molecule has 198 valence electrons. The van der Waals surface area contributed by atoms with Gasteiger partial charge in [-0.25, -0.2) is 14.3 Å². The van der Waals surface area contributed by atoms with Crippen LogP contribution in [0.15, 0.2) is 54.7 Å². The normalized spacial score (nSPS) is 25.5. The fraction of sp³-hybridized carbons (Fsp3) is 0.414. The van der Waals surface area contributed by atoms with Gasteiger partial charge in [-0.15, -0.1) is 0 Å². The molecule has 2 aliphatic carbocycles. The number of aromatic nitrogens is 3. The van der Waals surface area contributed by atoms with Crippen LogP contribution in [0.3, 0.4) is 0 Å². The molecule has 0 radical (unpaired) electrons. The Morgan fingerprint density at radius 1 is 1.18 bits per heavy atom. The van der Waals surface area contributed by atoms with Gasteiger partial charge in [0.1, 0.15) is 11.9 Å². The molecule has 3 heterocycles. The highest BCUT2D eigenvalue weighted by Crippen LogP contribution is 2.49. The van der Waals surface area contributed by atoms with E-state index >= 15 is 0 Å². The Morgan fingerprint density at radius 3 is 2.79 bits per heavy atom. The van der Waals surface area contributed by atoms with Crippen LogP contribution in [0.25, 0.3) is 16.4 Å². The van der Waals surface area contributed by atoms with E-state index in [1.807, 2.05) is 37.3 Å². The maximum atomic E-state index is 12.1. The summed E-state index contributed by atoms with van der Waals surface area (Å²) in [5, 5.41) is 30.3. The second-order valence-electron chi connectivity index (χ2n) is 11.0. The number of nitrogens with one attached hydrogen (secondary N) is 1. The number of nitrogens with zero attached hydrogens (tertiary/aromatic N) is 3. The van der Waals surface area contributed by atoms with Crippen molar-refractivity contribution in [3.63, 3.8) is 0 Å². The number of anilines is 2. The first-order valence-electron chi connectivity index (χ1n) is 13.3. The van der Waals surface area contributed by atoms with Crippen LogP contribution in [0.5, 0.6) is 0 Å². The molecule has 6 rings (SSSR count). The number of hydrogen-bond donors (Lipinski definition) is 4. The molecule has 0 saturated heterocycles. The van der Waals surface area contributed by atoms with Crippen molar-refractivity contribution in [2.45, 2.75) is 69.7 Å². The van der Waals surface area contributed by atoms with Crippen molar-refractivity contribution in [2.24, 2.45) is 5.41 Å². The van der Waals surface area contributed by atoms with Gasteiger partial charge in [-0.2, -0.15) is 5.10 Å². The zero-order valence-corrected chi connectivity index (χ0v) is 21.4. The lowest BCUT2D eigenvalue weighted by atomic mass is 9.80. The number of fused-ring (bicyclic) bond motifs is 2. The lowest BCUT2D eigenvalue weighted by Crippen LogP contribution is -2.34. The Bertz CT molecular complexity index is 1500. The molecule has 0 spiro atoms. The molecule has 2 aliphatic rings. The summed E-state index contributed by atoms with van der Waals surface area (Å²) in [6.45, 7) is 2.04. The molecule has 0 unspecified atom stereocenters. The van der Waals surface area contributed by atoms with E-state index in [0.29, 0.717) is 30.8 Å². The molecule has 2 fully saturated rings. The van der Waals surface area contributed by atoms with Crippen molar-refractivity contribution < 1.29 is 19.7 Å². The van der Waals surface area contributed by atoms with Gasteiger partial charge in [0.15, 0.2) is 0 Å². The molecular formula is C29H33N5O4. The molecular weight excluding hydrogens is 482 g/mol. The van der Waals surface area contributed by atoms with Crippen LogP contribution in [0.4, 0.5) is 16.3 Å². The highest BCUT2D eigenvalue weighted by Gasteiger charge is 2.50. The van der Waals surface area contributed by atoms with Crippen molar-refractivity contribution in [1.29, 1.82) is 0 Å². The Hall–Kier alpha value is -3.69. The van der Waals surface area contributed by atoms with Gasteiger partial charge in [0, 0.05) is 23.2 Å². The average Bonchev–Trinajstić information content (AvgIpc) is 3.41. The molecule has 38 heavy (non-hydrogen) atoms. The zero-order chi connectivity index (χ0) is 26.4. The van der Waals surface area contributed by atoms with Gasteiger partial charge in [-0.05, 0) is 85.9 Å². The number of ether oxygens (including phenoxy) is 1. The summed E-state index contributed by atoms with van der Waals surface area (Å²) in [6.07, 6.45) is 4.39. The number of carbonyl (C=O) groups excluding carboxylic acids is 1. The summed E-state index contributed by atoms with van der Waals surface area (Å²) < 4.78 is 7.14. The van der Waals surface area contributed by atoms with E-state index in [9.17, 15) is 15.0 Å². The lowest BCUT2D eigenvalue weighted by Gasteiger charge is -2.28. The fourth-order valence-electron chi connectivity index (χ4n) is 5.84. The first kappa shape index (κ1) is 24.6. The fourth-order valence-corrected chi connectivity index (χ4v) is 5.84. The van der Waals surface area contributed by atoms with Crippen molar-refractivity contribution in [2.75, 3.05) is 11.1 Å². The Morgan fingerprint density at radius 2 is 2.00 bits per heavy atom. The van der Waals surface area contributed by atoms with E-state index in [-0.39, 0.29) is 12.0 Å². The minimum atomic E-state index is -0.895. The quantitative estimate of drug-likeness (QED) is 0.299. The molecule has 5 N–H and O–H groups in total. The van der Waals surface area contributed by atoms with Gasteiger partial charge < -0.3 is 20.7 Å². The van der Waals surface area contributed by atoms with Crippen molar-refractivity contribution in [3.05, 3.63) is 66.0 Å². The van der Waals surface area contributed by atoms with Gasteiger partial charge in [0.25, 0.3) is 0 Å². The van der Waals surface area contributed by atoms with E-state index in [4.69, 9.17) is 10.5 Å². The third-order valence-electron chi connectivity index (χ3n) is 8.43. The zero-order valence-electron chi connectivity index (χ0n) is 21.4. The Balaban J connectivity index is 1.16. The van der Waals surface area contributed by atoms with Gasteiger partial charge in [-0.3, -0.25) is 5.32 Å².